The van der Waals surface area contributed by atoms with Gasteiger partial charge in [-0.05, 0) is 24.5 Å². The van der Waals surface area contributed by atoms with Crippen LogP contribution in [0, 0.1) is 5.92 Å². The minimum atomic E-state index is 0.521. The average molecular weight is 212 g/mol. The van der Waals surface area contributed by atoms with Gasteiger partial charge in [0, 0.05) is 11.6 Å². The van der Waals surface area contributed by atoms with Gasteiger partial charge in [-0.1, -0.05) is 32.6 Å². The van der Waals surface area contributed by atoms with Gasteiger partial charge in [0.2, 0.25) is 0 Å². The fourth-order valence-electron chi connectivity index (χ4n) is 2.67. The first-order valence-corrected chi connectivity index (χ1v) is 5.85. The molecule has 0 aliphatic carbocycles. The lowest BCUT2D eigenvalue weighted by molar-refractivity contribution is 0.503. The molecule has 2 atom stereocenters. The van der Waals surface area contributed by atoms with Crippen LogP contribution >= 0.6 is 0 Å². The van der Waals surface area contributed by atoms with Gasteiger partial charge in [0.1, 0.15) is 5.82 Å². The lowest BCUT2D eigenvalue weighted by atomic mass is 9.90. The molecule has 2 unspecified atom stereocenters. The van der Waals surface area contributed by atoms with Crippen molar-refractivity contribution in [2.75, 3.05) is 0 Å². The summed E-state index contributed by atoms with van der Waals surface area (Å²) in [4.78, 5) is 4.72. The highest BCUT2D eigenvalue weighted by Crippen LogP contribution is 2.38. The van der Waals surface area contributed by atoms with Crippen molar-refractivity contribution in [2.24, 2.45) is 5.92 Å². The molecular formula is C14H16N2. The summed E-state index contributed by atoms with van der Waals surface area (Å²) in [6.45, 7) is 8.71. The van der Waals surface area contributed by atoms with Crippen LogP contribution in [0.3, 0.4) is 0 Å². The summed E-state index contributed by atoms with van der Waals surface area (Å²) >= 11 is 0. The molecule has 2 aromatic rings. The second-order valence-electron chi connectivity index (χ2n) is 4.82. The molecule has 16 heavy (non-hydrogen) atoms. The number of hydrogen-bond donors (Lipinski definition) is 0. The zero-order valence-corrected chi connectivity index (χ0v) is 9.77. The van der Waals surface area contributed by atoms with Crippen LogP contribution in [-0.4, -0.2) is 9.55 Å². The number of rotatable bonds is 0. The summed E-state index contributed by atoms with van der Waals surface area (Å²) in [6, 6.07) is 8.31. The van der Waals surface area contributed by atoms with Gasteiger partial charge in [-0.2, -0.15) is 0 Å². The van der Waals surface area contributed by atoms with Crippen molar-refractivity contribution in [2.45, 2.75) is 26.2 Å². The van der Waals surface area contributed by atoms with Crippen LogP contribution in [0.2, 0.25) is 0 Å². The van der Waals surface area contributed by atoms with Gasteiger partial charge in [0.05, 0.1) is 11.0 Å². The second-order valence-corrected chi connectivity index (χ2v) is 4.82. The zero-order chi connectivity index (χ0) is 11.3. The van der Waals surface area contributed by atoms with Gasteiger partial charge in [-0.25, -0.2) is 4.98 Å². The molecule has 0 bridgehead atoms. The quantitative estimate of drug-likeness (QED) is 0.651. The van der Waals surface area contributed by atoms with Gasteiger partial charge in [0.25, 0.3) is 0 Å². The fourth-order valence-corrected chi connectivity index (χ4v) is 2.67. The van der Waals surface area contributed by atoms with Crippen molar-refractivity contribution in [1.29, 1.82) is 0 Å². The Morgan fingerprint density at radius 3 is 2.81 bits per heavy atom. The fraction of sp³-hybridized carbons (Fsp3) is 0.357. The van der Waals surface area contributed by atoms with E-state index in [1.165, 1.54) is 17.0 Å². The molecule has 0 amide bonds. The normalized spacial score (nSPS) is 24.8. The van der Waals surface area contributed by atoms with Crippen molar-refractivity contribution in [3.63, 3.8) is 0 Å². The molecule has 2 nitrogen and oxygen atoms in total. The first-order valence-electron chi connectivity index (χ1n) is 5.85. The predicted molar refractivity (Wildman–Crippen MR) is 67.3 cm³/mol. The Morgan fingerprint density at radius 1 is 1.25 bits per heavy atom. The Hall–Kier alpha value is -1.57. The molecule has 2 heterocycles. The van der Waals surface area contributed by atoms with E-state index in [0.717, 1.165) is 11.9 Å². The van der Waals surface area contributed by atoms with E-state index in [0.29, 0.717) is 11.8 Å². The second kappa shape index (κ2) is 3.21. The maximum absolute atomic E-state index is 4.72. The largest absolute Gasteiger partial charge is 0.300 e. The summed E-state index contributed by atoms with van der Waals surface area (Å²) in [7, 11) is 0. The molecule has 0 radical (unpaired) electrons. The van der Waals surface area contributed by atoms with Crippen LogP contribution in [-0.2, 0) is 0 Å². The zero-order valence-electron chi connectivity index (χ0n) is 9.77. The van der Waals surface area contributed by atoms with Gasteiger partial charge >= 0.3 is 0 Å². The SMILES string of the molecule is C=C1C(C)CC(C)c2nc3ccccc3n21. The number of hydrogen-bond acceptors (Lipinski definition) is 1. The van der Waals surface area contributed by atoms with Gasteiger partial charge in [0.15, 0.2) is 0 Å². The van der Waals surface area contributed by atoms with E-state index in [1.54, 1.807) is 0 Å². The number of benzene rings is 1. The number of aromatic nitrogens is 2. The summed E-state index contributed by atoms with van der Waals surface area (Å²) < 4.78 is 2.24. The lowest BCUT2D eigenvalue weighted by Gasteiger charge is -2.28. The molecule has 1 aromatic carbocycles. The van der Waals surface area contributed by atoms with E-state index in [4.69, 9.17) is 4.98 Å². The topological polar surface area (TPSA) is 17.8 Å². The third-order valence-corrected chi connectivity index (χ3v) is 3.59. The first kappa shape index (κ1) is 9.64. The molecule has 1 aliphatic heterocycles. The van der Waals surface area contributed by atoms with Crippen LogP contribution in [0.5, 0.6) is 0 Å². The molecule has 0 saturated carbocycles. The molecule has 0 N–H and O–H groups in total. The molecule has 0 fully saturated rings. The number of imidazole rings is 1. The van der Waals surface area contributed by atoms with E-state index in [2.05, 4.69) is 43.2 Å². The van der Waals surface area contributed by atoms with E-state index >= 15 is 0 Å². The number of allylic oxidation sites excluding steroid dienone is 1. The molecular weight excluding hydrogens is 196 g/mol. The third kappa shape index (κ3) is 1.16. The van der Waals surface area contributed by atoms with Crippen molar-refractivity contribution >= 4 is 16.7 Å². The summed E-state index contributed by atoms with van der Waals surface area (Å²) in [5, 5.41) is 0. The highest BCUT2D eigenvalue weighted by molar-refractivity contribution is 5.80. The van der Waals surface area contributed by atoms with Crippen LogP contribution in [0.4, 0.5) is 0 Å². The van der Waals surface area contributed by atoms with Crippen LogP contribution in [0.15, 0.2) is 30.8 Å². The minimum Gasteiger partial charge on any atom is -0.300 e. The van der Waals surface area contributed by atoms with E-state index in [9.17, 15) is 0 Å². The maximum atomic E-state index is 4.72. The average Bonchev–Trinajstić information content (AvgIpc) is 2.66. The van der Waals surface area contributed by atoms with Gasteiger partial charge in [-0.3, -0.25) is 0 Å². The lowest BCUT2D eigenvalue weighted by Crippen LogP contribution is -2.19. The van der Waals surface area contributed by atoms with E-state index in [1.807, 2.05) is 6.07 Å². The number of para-hydroxylation sites is 2. The van der Waals surface area contributed by atoms with Gasteiger partial charge < -0.3 is 4.57 Å². The summed E-state index contributed by atoms with van der Waals surface area (Å²) in [5.74, 6) is 2.23. The molecule has 2 heteroatoms. The Bertz CT molecular complexity index is 565. The monoisotopic (exact) mass is 212 g/mol. The first-order chi connectivity index (χ1) is 7.68. The molecule has 1 aliphatic rings. The highest BCUT2D eigenvalue weighted by atomic mass is 15.1. The van der Waals surface area contributed by atoms with E-state index < -0.39 is 0 Å². The predicted octanol–water partition coefficient (Wildman–Crippen LogP) is 3.65. The van der Waals surface area contributed by atoms with Gasteiger partial charge in [-0.15, -0.1) is 0 Å². The number of nitrogens with zero attached hydrogens (tertiary/aromatic N) is 2. The third-order valence-electron chi connectivity index (χ3n) is 3.59. The van der Waals surface area contributed by atoms with Crippen molar-refractivity contribution < 1.29 is 0 Å². The molecule has 3 rings (SSSR count). The van der Waals surface area contributed by atoms with Crippen LogP contribution in [0.25, 0.3) is 16.7 Å². The van der Waals surface area contributed by atoms with Crippen molar-refractivity contribution in [3.05, 3.63) is 36.7 Å². The highest BCUT2D eigenvalue weighted by Gasteiger charge is 2.27. The van der Waals surface area contributed by atoms with Crippen molar-refractivity contribution in [3.8, 4) is 0 Å². The number of fused-ring (bicyclic) bond motifs is 3. The Kier molecular flexibility index (Phi) is 1.93. The smallest absolute Gasteiger partial charge is 0.117 e. The molecule has 0 saturated heterocycles. The summed E-state index contributed by atoms with van der Waals surface area (Å²) in [5.41, 5.74) is 3.46. The van der Waals surface area contributed by atoms with Crippen molar-refractivity contribution in [1.82, 2.24) is 9.55 Å². The molecule has 1 aromatic heterocycles. The van der Waals surface area contributed by atoms with Crippen LogP contribution in [0.1, 0.15) is 32.0 Å². The minimum absolute atomic E-state index is 0.521. The summed E-state index contributed by atoms with van der Waals surface area (Å²) in [6.07, 6.45) is 1.15. The van der Waals surface area contributed by atoms with Crippen LogP contribution < -0.4 is 0 Å². The maximum Gasteiger partial charge on any atom is 0.117 e. The standard InChI is InChI=1S/C14H16N2/c1-9-8-10(2)14-15-12-6-4-5-7-13(12)16(14)11(9)3/h4-7,9-10H,3,8H2,1-2H3. The molecule has 0 spiro atoms. The Balaban J connectivity index is 2.35. The molecule has 82 valence electrons. The Labute approximate surface area is 95.6 Å². The van der Waals surface area contributed by atoms with E-state index in [-0.39, 0.29) is 0 Å². The Morgan fingerprint density at radius 2 is 2.00 bits per heavy atom.